The molecule has 0 radical (unpaired) electrons. The van der Waals surface area contributed by atoms with Crippen LogP contribution in [0, 0.1) is 0 Å². The Bertz CT molecular complexity index is 958. The highest BCUT2D eigenvalue weighted by molar-refractivity contribution is 6.32. The van der Waals surface area contributed by atoms with Gasteiger partial charge in [-0.2, -0.15) is 0 Å². The van der Waals surface area contributed by atoms with Gasteiger partial charge in [0.1, 0.15) is 12.3 Å². The Morgan fingerprint density at radius 1 is 1.07 bits per heavy atom. The largest absolute Gasteiger partial charge is 0.490 e. The SMILES string of the molecule is CCOc1cc(/C=C2/NC(=O)N(CC)C2=O)cc(Cl)c1OCc1ccc(Cl)cc1. The minimum Gasteiger partial charge on any atom is -0.490 e. The number of imide groups is 1. The molecule has 29 heavy (non-hydrogen) atoms. The van der Waals surface area contributed by atoms with E-state index in [2.05, 4.69) is 5.32 Å². The van der Waals surface area contributed by atoms with Crippen molar-refractivity contribution in [1.29, 1.82) is 0 Å². The molecule has 1 fully saturated rings. The fourth-order valence-electron chi connectivity index (χ4n) is 2.84. The molecule has 1 N–H and O–H groups in total. The zero-order valence-corrected chi connectivity index (χ0v) is 17.5. The molecule has 0 bridgehead atoms. The third kappa shape index (κ3) is 4.83. The first-order chi connectivity index (χ1) is 13.9. The van der Waals surface area contributed by atoms with Crippen LogP contribution in [0.5, 0.6) is 11.5 Å². The van der Waals surface area contributed by atoms with Gasteiger partial charge in [-0.05, 0) is 55.3 Å². The van der Waals surface area contributed by atoms with Gasteiger partial charge in [0.2, 0.25) is 0 Å². The fourth-order valence-corrected chi connectivity index (χ4v) is 3.24. The lowest BCUT2D eigenvalue weighted by Gasteiger charge is -2.15. The summed E-state index contributed by atoms with van der Waals surface area (Å²) >= 11 is 12.3. The molecule has 3 rings (SSSR count). The molecule has 152 valence electrons. The van der Waals surface area contributed by atoms with Crippen molar-refractivity contribution >= 4 is 41.2 Å². The van der Waals surface area contributed by atoms with Gasteiger partial charge in [-0.15, -0.1) is 0 Å². The summed E-state index contributed by atoms with van der Waals surface area (Å²) in [5.41, 5.74) is 1.72. The lowest BCUT2D eigenvalue weighted by Crippen LogP contribution is -2.30. The molecular formula is C21H20Cl2N2O4. The second-order valence-corrected chi connectivity index (χ2v) is 7.06. The topological polar surface area (TPSA) is 67.9 Å². The highest BCUT2D eigenvalue weighted by Gasteiger charge is 2.32. The number of likely N-dealkylation sites (N-methyl/N-ethyl adjacent to an activating group) is 1. The fraction of sp³-hybridized carbons (Fsp3) is 0.238. The number of carbonyl (C=O) groups excluding carboxylic acids is 2. The molecule has 1 aliphatic rings. The number of rotatable bonds is 7. The van der Waals surface area contributed by atoms with E-state index in [0.717, 1.165) is 10.5 Å². The maximum absolute atomic E-state index is 12.3. The van der Waals surface area contributed by atoms with Crippen molar-refractivity contribution in [3.8, 4) is 11.5 Å². The number of ether oxygens (including phenoxy) is 2. The predicted octanol–water partition coefficient (Wildman–Crippen LogP) is 4.88. The van der Waals surface area contributed by atoms with Gasteiger partial charge in [0.15, 0.2) is 11.5 Å². The molecule has 0 unspecified atom stereocenters. The van der Waals surface area contributed by atoms with Gasteiger partial charge in [0.25, 0.3) is 5.91 Å². The third-order valence-corrected chi connectivity index (χ3v) is 4.75. The second kappa shape index (κ2) is 9.20. The van der Waals surface area contributed by atoms with Crippen molar-refractivity contribution in [1.82, 2.24) is 10.2 Å². The minimum atomic E-state index is -0.442. The van der Waals surface area contributed by atoms with Crippen molar-refractivity contribution in [2.45, 2.75) is 20.5 Å². The van der Waals surface area contributed by atoms with Crippen LogP contribution in [0.2, 0.25) is 10.0 Å². The molecule has 6 nitrogen and oxygen atoms in total. The Labute approximate surface area is 179 Å². The van der Waals surface area contributed by atoms with Gasteiger partial charge in [-0.25, -0.2) is 4.79 Å². The molecule has 2 aromatic rings. The normalized spacial score (nSPS) is 15.0. The second-order valence-electron chi connectivity index (χ2n) is 6.22. The van der Waals surface area contributed by atoms with Crippen molar-refractivity contribution in [2.24, 2.45) is 0 Å². The average molecular weight is 435 g/mol. The Hall–Kier alpha value is -2.70. The number of hydrogen-bond donors (Lipinski definition) is 1. The summed E-state index contributed by atoms with van der Waals surface area (Å²) in [7, 11) is 0. The molecule has 8 heteroatoms. The lowest BCUT2D eigenvalue weighted by molar-refractivity contribution is -0.122. The summed E-state index contributed by atoms with van der Waals surface area (Å²) in [5, 5.41) is 3.54. The molecule has 0 atom stereocenters. The summed E-state index contributed by atoms with van der Waals surface area (Å²) in [4.78, 5) is 25.2. The van der Waals surface area contributed by atoms with Gasteiger partial charge in [0.05, 0.1) is 11.6 Å². The van der Waals surface area contributed by atoms with Gasteiger partial charge >= 0.3 is 6.03 Å². The van der Waals surface area contributed by atoms with Gasteiger partial charge in [-0.3, -0.25) is 9.69 Å². The molecule has 0 spiro atoms. The number of hydrogen-bond acceptors (Lipinski definition) is 4. The van der Waals surface area contributed by atoms with Gasteiger partial charge in [-0.1, -0.05) is 35.3 Å². The quantitative estimate of drug-likeness (QED) is 0.497. The Morgan fingerprint density at radius 2 is 1.79 bits per heavy atom. The van der Waals surface area contributed by atoms with E-state index >= 15 is 0 Å². The highest BCUT2D eigenvalue weighted by Crippen LogP contribution is 2.38. The number of halogens is 2. The molecular weight excluding hydrogens is 415 g/mol. The van der Waals surface area contributed by atoms with Crippen LogP contribution in [0.15, 0.2) is 42.1 Å². The van der Waals surface area contributed by atoms with E-state index in [4.69, 9.17) is 32.7 Å². The van der Waals surface area contributed by atoms with Crippen LogP contribution >= 0.6 is 23.2 Å². The Balaban J connectivity index is 1.86. The lowest BCUT2D eigenvalue weighted by atomic mass is 10.1. The van der Waals surface area contributed by atoms with E-state index in [1.165, 1.54) is 0 Å². The molecule has 1 saturated heterocycles. The van der Waals surface area contributed by atoms with Crippen LogP contribution < -0.4 is 14.8 Å². The van der Waals surface area contributed by atoms with Crippen molar-refractivity contribution in [2.75, 3.05) is 13.2 Å². The van der Waals surface area contributed by atoms with Crippen LogP contribution in [0.4, 0.5) is 4.79 Å². The van der Waals surface area contributed by atoms with Gasteiger partial charge in [0, 0.05) is 11.6 Å². The number of benzene rings is 2. The molecule has 3 amide bonds. The van der Waals surface area contributed by atoms with E-state index in [0.29, 0.717) is 40.3 Å². The van der Waals surface area contributed by atoms with Crippen LogP contribution in [0.25, 0.3) is 6.08 Å². The average Bonchev–Trinajstić information content (AvgIpc) is 2.95. The first kappa shape index (κ1) is 21.0. The summed E-state index contributed by atoms with van der Waals surface area (Å²) in [6.45, 7) is 4.58. The van der Waals surface area contributed by atoms with Gasteiger partial charge < -0.3 is 14.8 Å². The maximum atomic E-state index is 12.3. The zero-order valence-electron chi connectivity index (χ0n) is 16.0. The number of nitrogens with one attached hydrogen (secondary N) is 1. The maximum Gasteiger partial charge on any atom is 0.328 e. The van der Waals surface area contributed by atoms with E-state index in [1.54, 1.807) is 37.3 Å². The van der Waals surface area contributed by atoms with Crippen LogP contribution in [0.3, 0.4) is 0 Å². The smallest absolute Gasteiger partial charge is 0.328 e. The first-order valence-corrected chi connectivity index (χ1v) is 9.86. The molecule has 1 aliphatic heterocycles. The van der Waals surface area contributed by atoms with Crippen LogP contribution in [-0.4, -0.2) is 30.0 Å². The summed E-state index contributed by atoms with van der Waals surface area (Å²) in [6, 6.07) is 10.2. The molecule has 0 saturated carbocycles. The zero-order chi connectivity index (χ0) is 21.0. The van der Waals surface area contributed by atoms with Crippen LogP contribution in [0.1, 0.15) is 25.0 Å². The first-order valence-electron chi connectivity index (χ1n) is 9.11. The molecule has 0 aromatic heterocycles. The van der Waals surface area contributed by atoms with Crippen molar-refractivity contribution in [3.63, 3.8) is 0 Å². The highest BCUT2D eigenvalue weighted by atomic mass is 35.5. The third-order valence-electron chi connectivity index (χ3n) is 4.22. The minimum absolute atomic E-state index is 0.185. The Morgan fingerprint density at radius 3 is 2.41 bits per heavy atom. The summed E-state index contributed by atoms with van der Waals surface area (Å²) in [6.07, 6.45) is 1.56. The van der Waals surface area contributed by atoms with Crippen LogP contribution in [-0.2, 0) is 11.4 Å². The van der Waals surface area contributed by atoms with E-state index in [-0.39, 0.29) is 18.2 Å². The van der Waals surface area contributed by atoms with E-state index < -0.39 is 6.03 Å². The predicted molar refractivity (Wildman–Crippen MR) is 112 cm³/mol. The molecule has 0 aliphatic carbocycles. The van der Waals surface area contributed by atoms with E-state index in [9.17, 15) is 9.59 Å². The van der Waals surface area contributed by atoms with Crippen molar-refractivity contribution in [3.05, 3.63) is 63.3 Å². The summed E-state index contributed by atoms with van der Waals surface area (Å²) in [5.74, 6) is 0.474. The standard InChI is InChI=1S/C21H20Cl2N2O4/c1-3-25-20(26)17(24-21(25)27)10-14-9-16(23)19(18(11-14)28-4-2)29-12-13-5-7-15(22)8-6-13/h5-11H,3-4,12H2,1-2H3,(H,24,27)/b17-10+. The number of nitrogens with zero attached hydrogens (tertiary/aromatic N) is 1. The number of amides is 3. The Kier molecular flexibility index (Phi) is 6.67. The number of urea groups is 1. The summed E-state index contributed by atoms with van der Waals surface area (Å²) < 4.78 is 11.6. The monoisotopic (exact) mass is 434 g/mol. The number of carbonyl (C=O) groups is 2. The van der Waals surface area contributed by atoms with Crippen molar-refractivity contribution < 1.29 is 19.1 Å². The molecule has 2 aromatic carbocycles. The molecule has 1 heterocycles. The van der Waals surface area contributed by atoms with E-state index in [1.807, 2.05) is 19.1 Å².